The van der Waals surface area contributed by atoms with Crippen LogP contribution in [0.3, 0.4) is 0 Å². The Morgan fingerprint density at radius 2 is 1.51 bits per heavy atom. The summed E-state index contributed by atoms with van der Waals surface area (Å²) in [5, 5.41) is 14.3. The number of alkyl halides is 3. The number of nitrogens with one attached hydrogen (secondary N) is 2. The van der Waals surface area contributed by atoms with Gasteiger partial charge in [-0.2, -0.15) is 13.2 Å². The Labute approximate surface area is 201 Å². The second kappa shape index (κ2) is 11.9. The van der Waals surface area contributed by atoms with Crippen molar-refractivity contribution in [3.8, 4) is 0 Å². The van der Waals surface area contributed by atoms with Crippen molar-refractivity contribution in [2.75, 3.05) is 11.9 Å². The fraction of sp³-hybridized carbons (Fsp3) is 0.423. The number of hydrogen-bond donors (Lipinski definition) is 3. The first-order valence-corrected chi connectivity index (χ1v) is 11.6. The number of carbonyl (C=O) groups is 3. The van der Waals surface area contributed by atoms with Gasteiger partial charge in [0.15, 0.2) is 0 Å². The third-order valence-electron chi connectivity index (χ3n) is 6.30. The molecule has 0 heterocycles. The lowest BCUT2D eigenvalue weighted by Gasteiger charge is -2.28. The lowest BCUT2D eigenvalue weighted by molar-refractivity contribution is -0.139. The quantitative estimate of drug-likeness (QED) is 0.454. The lowest BCUT2D eigenvalue weighted by atomic mass is 9.77. The normalized spacial score (nSPS) is 18.0. The number of carboxylic acids is 1. The Balaban J connectivity index is 1.37. The van der Waals surface area contributed by atoms with E-state index in [2.05, 4.69) is 10.6 Å². The van der Waals surface area contributed by atoms with Crippen molar-refractivity contribution >= 4 is 23.5 Å². The van der Waals surface area contributed by atoms with E-state index in [0.717, 1.165) is 37.8 Å². The third kappa shape index (κ3) is 8.42. The summed E-state index contributed by atoms with van der Waals surface area (Å²) in [5.41, 5.74) is 1.51. The molecule has 2 aromatic rings. The molecule has 0 aromatic heterocycles. The van der Waals surface area contributed by atoms with E-state index in [1.54, 1.807) is 0 Å². The average molecular weight is 491 g/mol. The highest BCUT2D eigenvalue weighted by Gasteiger charge is 2.30. The number of amides is 2. The van der Waals surface area contributed by atoms with E-state index in [-0.39, 0.29) is 43.5 Å². The van der Waals surface area contributed by atoms with Crippen molar-refractivity contribution in [3.05, 3.63) is 65.2 Å². The fourth-order valence-electron chi connectivity index (χ4n) is 4.38. The van der Waals surface area contributed by atoms with E-state index in [1.165, 1.54) is 17.7 Å². The molecule has 3 rings (SSSR count). The van der Waals surface area contributed by atoms with Crippen LogP contribution < -0.4 is 10.6 Å². The summed E-state index contributed by atoms with van der Waals surface area (Å²) in [6.07, 6.45) is -0.482. The number of benzene rings is 2. The van der Waals surface area contributed by atoms with Crippen molar-refractivity contribution in [1.29, 1.82) is 0 Å². The minimum absolute atomic E-state index is 0.0636. The van der Waals surface area contributed by atoms with Gasteiger partial charge in [-0.05, 0) is 72.9 Å². The molecule has 188 valence electrons. The Morgan fingerprint density at radius 3 is 2.09 bits per heavy atom. The number of carboxylic acid groups (broad SMARTS) is 1. The van der Waals surface area contributed by atoms with E-state index < -0.39 is 17.7 Å². The van der Waals surface area contributed by atoms with Crippen molar-refractivity contribution in [2.24, 2.45) is 5.92 Å². The predicted molar refractivity (Wildman–Crippen MR) is 125 cm³/mol. The van der Waals surface area contributed by atoms with Gasteiger partial charge in [0.05, 0.1) is 12.0 Å². The zero-order chi connectivity index (χ0) is 25.4. The van der Waals surface area contributed by atoms with Crippen LogP contribution in [0.5, 0.6) is 0 Å². The third-order valence-corrected chi connectivity index (χ3v) is 6.30. The van der Waals surface area contributed by atoms with Crippen molar-refractivity contribution in [1.82, 2.24) is 5.32 Å². The maximum absolute atomic E-state index is 12.6. The highest BCUT2D eigenvalue weighted by Crippen LogP contribution is 2.37. The molecule has 0 aliphatic heterocycles. The van der Waals surface area contributed by atoms with Crippen molar-refractivity contribution in [2.45, 2.75) is 57.0 Å². The Kier molecular flexibility index (Phi) is 8.89. The van der Waals surface area contributed by atoms with Crippen LogP contribution in [0.4, 0.5) is 18.9 Å². The van der Waals surface area contributed by atoms with Crippen LogP contribution in [0.1, 0.15) is 61.1 Å². The van der Waals surface area contributed by atoms with Crippen LogP contribution in [-0.2, 0) is 27.0 Å². The second-order valence-electron chi connectivity index (χ2n) is 8.96. The Bertz CT molecular complexity index is 1010. The highest BCUT2D eigenvalue weighted by atomic mass is 19.4. The molecule has 1 saturated carbocycles. The van der Waals surface area contributed by atoms with Gasteiger partial charge in [-0.1, -0.05) is 24.3 Å². The standard InChI is InChI=1S/C26H29F3N2O4/c27-26(28,29)21-9-3-17(4-10-21)15-24(33)30-14-13-23(32)31-22-11-7-20(8-12-22)19-5-1-18(2-6-19)16-25(34)35/h3-4,7-12,18-19H,1-2,5-6,13-16H2,(H,30,33)(H,31,32)(H,34,35). The smallest absolute Gasteiger partial charge is 0.416 e. The van der Waals surface area contributed by atoms with Crippen LogP contribution in [0.2, 0.25) is 0 Å². The summed E-state index contributed by atoms with van der Waals surface area (Å²) >= 11 is 0. The predicted octanol–water partition coefficient (Wildman–Crippen LogP) is 5.14. The van der Waals surface area contributed by atoms with Gasteiger partial charge in [0, 0.05) is 25.1 Å². The van der Waals surface area contributed by atoms with Crippen LogP contribution in [0, 0.1) is 5.92 Å². The molecule has 0 bridgehead atoms. The van der Waals surface area contributed by atoms with Gasteiger partial charge in [0.1, 0.15) is 0 Å². The van der Waals surface area contributed by atoms with Gasteiger partial charge in [-0.25, -0.2) is 0 Å². The number of anilines is 1. The van der Waals surface area contributed by atoms with E-state index in [1.807, 2.05) is 24.3 Å². The van der Waals surface area contributed by atoms with Gasteiger partial charge < -0.3 is 15.7 Å². The van der Waals surface area contributed by atoms with Crippen molar-refractivity contribution in [3.63, 3.8) is 0 Å². The molecule has 0 unspecified atom stereocenters. The minimum atomic E-state index is -4.42. The molecular weight excluding hydrogens is 461 g/mol. The summed E-state index contributed by atoms with van der Waals surface area (Å²) in [6, 6.07) is 12.0. The second-order valence-corrected chi connectivity index (χ2v) is 8.96. The SMILES string of the molecule is O=C(O)CC1CCC(c2ccc(NC(=O)CCNC(=O)Cc3ccc(C(F)(F)F)cc3)cc2)CC1. The average Bonchev–Trinajstić information content (AvgIpc) is 2.79. The Morgan fingerprint density at radius 1 is 0.886 bits per heavy atom. The number of aliphatic carboxylic acids is 1. The molecule has 2 aromatic carbocycles. The van der Waals surface area contributed by atoms with E-state index in [0.29, 0.717) is 17.2 Å². The van der Waals surface area contributed by atoms with E-state index in [4.69, 9.17) is 5.11 Å². The molecule has 35 heavy (non-hydrogen) atoms. The van der Waals surface area contributed by atoms with Gasteiger partial charge in [-0.3, -0.25) is 14.4 Å². The largest absolute Gasteiger partial charge is 0.481 e. The molecule has 1 aliphatic rings. The first-order valence-electron chi connectivity index (χ1n) is 11.6. The molecule has 0 radical (unpaired) electrons. The maximum Gasteiger partial charge on any atom is 0.416 e. The lowest BCUT2D eigenvalue weighted by Crippen LogP contribution is -2.28. The van der Waals surface area contributed by atoms with Gasteiger partial charge >= 0.3 is 12.1 Å². The number of rotatable bonds is 9. The molecule has 6 nitrogen and oxygen atoms in total. The number of halogens is 3. The zero-order valence-corrected chi connectivity index (χ0v) is 19.2. The molecule has 0 saturated heterocycles. The summed E-state index contributed by atoms with van der Waals surface area (Å²) in [4.78, 5) is 35.0. The van der Waals surface area contributed by atoms with E-state index in [9.17, 15) is 27.6 Å². The number of carbonyl (C=O) groups excluding carboxylic acids is 2. The molecule has 1 fully saturated rings. The highest BCUT2D eigenvalue weighted by molar-refractivity contribution is 5.91. The summed E-state index contributed by atoms with van der Waals surface area (Å²) in [7, 11) is 0. The molecule has 2 amide bonds. The zero-order valence-electron chi connectivity index (χ0n) is 19.2. The molecule has 0 atom stereocenters. The molecular formula is C26H29F3N2O4. The Hall–Kier alpha value is -3.36. The summed E-state index contributed by atoms with van der Waals surface area (Å²) in [5.74, 6) is -0.739. The van der Waals surface area contributed by atoms with Crippen molar-refractivity contribution < 1.29 is 32.7 Å². The van der Waals surface area contributed by atoms with Crippen LogP contribution >= 0.6 is 0 Å². The summed E-state index contributed by atoms with van der Waals surface area (Å²) < 4.78 is 37.8. The first-order chi connectivity index (χ1) is 16.6. The minimum Gasteiger partial charge on any atom is -0.481 e. The van der Waals surface area contributed by atoms with Gasteiger partial charge in [-0.15, -0.1) is 0 Å². The fourth-order valence-corrected chi connectivity index (χ4v) is 4.38. The van der Waals surface area contributed by atoms with Crippen LogP contribution in [0.15, 0.2) is 48.5 Å². The maximum atomic E-state index is 12.6. The molecule has 1 aliphatic carbocycles. The number of hydrogen-bond acceptors (Lipinski definition) is 3. The molecule has 9 heteroatoms. The first kappa shape index (κ1) is 26.2. The monoisotopic (exact) mass is 490 g/mol. The summed E-state index contributed by atoms with van der Waals surface area (Å²) in [6.45, 7) is 0.114. The van der Waals surface area contributed by atoms with Crippen LogP contribution in [0.25, 0.3) is 0 Å². The van der Waals surface area contributed by atoms with E-state index >= 15 is 0 Å². The van der Waals surface area contributed by atoms with Crippen LogP contribution in [-0.4, -0.2) is 29.4 Å². The topological polar surface area (TPSA) is 95.5 Å². The molecule has 3 N–H and O–H groups in total. The van der Waals surface area contributed by atoms with Gasteiger partial charge in [0.25, 0.3) is 0 Å². The van der Waals surface area contributed by atoms with Gasteiger partial charge in [0.2, 0.25) is 11.8 Å². The molecule has 0 spiro atoms.